The van der Waals surface area contributed by atoms with Crippen LogP contribution in [0.2, 0.25) is 0 Å². The number of carbonyl (C=O) groups is 2. The van der Waals surface area contributed by atoms with Crippen LogP contribution >= 0.6 is 19.4 Å². The maximum atomic E-state index is 14.1. The van der Waals surface area contributed by atoms with Crippen LogP contribution in [0.25, 0.3) is 20.9 Å². The van der Waals surface area contributed by atoms with E-state index in [-0.39, 0.29) is 41.4 Å². The van der Waals surface area contributed by atoms with Crippen molar-refractivity contribution in [3.8, 4) is 0 Å². The highest BCUT2D eigenvalue weighted by Gasteiger charge is 2.45. The minimum Gasteiger partial charge on any atom is -0.456 e. The molecule has 2 N–H and O–H groups in total. The molecule has 2 aliphatic rings. The van der Waals surface area contributed by atoms with Gasteiger partial charge in [0, 0.05) is 57.4 Å². The number of rotatable bonds is 14. The average molecular weight is 769 g/mol. The van der Waals surface area contributed by atoms with E-state index in [4.69, 9.17) is 34.3 Å². The summed E-state index contributed by atoms with van der Waals surface area (Å²) >= 11 is 0.897. The molecule has 24 heteroatoms. The predicted molar refractivity (Wildman–Crippen MR) is 183 cm³/mol. The van der Waals surface area contributed by atoms with E-state index in [2.05, 4.69) is 30.0 Å². The summed E-state index contributed by atoms with van der Waals surface area (Å²) in [6.45, 7) is 6.35. The Balaban J connectivity index is 1.54. The van der Waals surface area contributed by atoms with Gasteiger partial charge in [-0.1, -0.05) is 42.8 Å². The third kappa shape index (κ3) is 9.69. The fraction of sp³-hybridized carbons (Fsp3) is 0.643. The molecule has 282 valence electrons. The Morgan fingerprint density at radius 1 is 0.904 bits per heavy atom. The number of hydrogen-bond donors (Lipinski definition) is 2. The summed E-state index contributed by atoms with van der Waals surface area (Å²) in [4.78, 5) is 84.2. The molecule has 0 radical (unpaired) electrons. The highest BCUT2D eigenvalue weighted by Crippen LogP contribution is 2.52. The molecule has 2 aliphatic heterocycles. The zero-order valence-electron chi connectivity index (χ0n) is 28.7. The van der Waals surface area contributed by atoms with E-state index in [0.29, 0.717) is 0 Å². The molecular formula is C28H37N10O12PS. The van der Waals surface area contributed by atoms with Crippen molar-refractivity contribution in [2.75, 3.05) is 25.6 Å². The maximum Gasteiger partial charge on any atom is 0.438 e. The first-order valence-corrected chi connectivity index (χ1v) is 18.3. The lowest BCUT2D eigenvalue weighted by Gasteiger charge is -2.23. The van der Waals surface area contributed by atoms with Crippen LogP contribution < -0.4 is 22.5 Å². The van der Waals surface area contributed by atoms with Crippen molar-refractivity contribution in [2.45, 2.75) is 84.2 Å². The van der Waals surface area contributed by atoms with Gasteiger partial charge in [-0.3, -0.25) is 42.5 Å². The number of ether oxygens (including phenoxy) is 3. The highest BCUT2D eigenvalue weighted by atomic mass is 32.2. The SMILES string of the molecule is Cc1cn(C2CC(N=[N+]=[N-])C(COP(=O)(OCC3OC(n4cc(C)c(=O)[nH]c4=O)CC3N=[N+]=[N-])C(=O)OCCSC(=O)C(C)(C)C)O2)c(=O)[nH]c1=O. The Morgan fingerprint density at radius 3 is 1.75 bits per heavy atom. The van der Waals surface area contributed by atoms with E-state index in [1.807, 2.05) is 0 Å². The van der Waals surface area contributed by atoms with E-state index >= 15 is 0 Å². The Hall–Kier alpha value is -4.46. The molecule has 4 heterocycles. The van der Waals surface area contributed by atoms with E-state index in [1.54, 1.807) is 20.8 Å². The van der Waals surface area contributed by atoms with Crippen LogP contribution in [-0.2, 0) is 32.6 Å². The molecule has 0 amide bonds. The number of aromatic nitrogens is 4. The van der Waals surface area contributed by atoms with Gasteiger partial charge in [0.2, 0.25) is 0 Å². The van der Waals surface area contributed by atoms with Crippen molar-refractivity contribution >= 4 is 30.2 Å². The predicted octanol–water partition coefficient (Wildman–Crippen LogP) is 3.31. The summed E-state index contributed by atoms with van der Waals surface area (Å²) in [5.41, 5.74) is 13.8. The van der Waals surface area contributed by atoms with E-state index in [0.717, 1.165) is 20.9 Å². The summed E-state index contributed by atoms with van der Waals surface area (Å²) < 4.78 is 44.3. The third-order valence-corrected chi connectivity index (χ3v) is 10.7. The summed E-state index contributed by atoms with van der Waals surface area (Å²) in [6.07, 6.45) is -2.07. The van der Waals surface area contributed by atoms with Gasteiger partial charge in [0.15, 0.2) is 5.12 Å². The monoisotopic (exact) mass is 768 g/mol. The quantitative estimate of drug-likeness (QED) is 0.0917. The first-order valence-electron chi connectivity index (χ1n) is 15.7. The van der Waals surface area contributed by atoms with Crippen molar-refractivity contribution in [1.82, 2.24) is 19.1 Å². The molecule has 6 unspecified atom stereocenters. The molecule has 2 aromatic rings. The van der Waals surface area contributed by atoms with Gasteiger partial charge in [-0.25, -0.2) is 18.9 Å². The minimum atomic E-state index is -4.95. The van der Waals surface area contributed by atoms with Crippen molar-refractivity contribution in [1.29, 1.82) is 0 Å². The Labute approximate surface area is 297 Å². The number of aromatic amines is 2. The van der Waals surface area contributed by atoms with Crippen molar-refractivity contribution in [3.63, 3.8) is 0 Å². The second kappa shape index (κ2) is 16.9. The summed E-state index contributed by atoms with van der Waals surface area (Å²) in [6, 6.07) is -1.99. The molecule has 22 nitrogen and oxygen atoms in total. The second-order valence-electron chi connectivity index (χ2n) is 12.8. The van der Waals surface area contributed by atoms with Crippen LogP contribution in [0.15, 0.2) is 41.8 Å². The Bertz CT molecular complexity index is 1940. The molecule has 0 spiro atoms. The standard InChI is InChI=1S/C28H37N10O12PS/c1-14-10-37(25(42)31-22(14)39)20-8-16(33-35-29)18(49-20)12-47-51(45,27(44)46-6-7-52-24(41)28(3,4)5)48-13-19-17(34-36-30)9-21(50-19)38-11-15(2)23(40)32-26(38)43/h10-11,16-21H,6-9,12-13H2,1-5H3,(H,31,39,42)(H,32,40,43). The number of hydrogen-bond acceptors (Lipinski definition) is 15. The lowest BCUT2D eigenvalue weighted by atomic mass is 10.00. The third-order valence-electron chi connectivity index (χ3n) is 7.92. The number of nitrogens with zero attached hydrogens (tertiary/aromatic N) is 8. The molecular weight excluding hydrogens is 731 g/mol. The maximum absolute atomic E-state index is 14.1. The Kier molecular flexibility index (Phi) is 13.1. The molecule has 2 saturated heterocycles. The van der Waals surface area contributed by atoms with Crippen molar-refractivity contribution in [3.05, 3.63) is 86.1 Å². The van der Waals surface area contributed by atoms with Crippen molar-refractivity contribution < 1.29 is 37.4 Å². The van der Waals surface area contributed by atoms with Gasteiger partial charge in [-0.05, 0) is 24.9 Å². The normalized spacial score (nSPS) is 24.0. The molecule has 0 bridgehead atoms. The minimum absolute atomic E-state index is 0.0151. The summed E-state index contributed by atoms with van der Waals surface area (Å²) in [5.74, 6) is 0.0151. The molecule has 6 atom stereocenters. The first-order chi connectivity index (χ1) is 24.5. The summed E-state index contributed by atoms with van der Waals surface area (Å²) in [5, 5.41) is 7.18. The molecule has 0 saturated carbocycles. The first kappa shape index (κ1) is 40.3. The van der Waals surface area contributed by atoms with Gasteiger partial charge in [0.05, 0.1) is 37.5 Å². The highest BCUT2D eigenvalue weighted by molar-refractivity contribution is 8.13. The number of thioether (sulfide) groups is 1. The molecule has 4 rings (SSSR count). The zero-order chi connectivity index (χ0) is 38.4. The number of H-pyrrole nitrogens is 2. The molecule has 0 aromatic carbocycles. The van der Waals surface area contributed by atoms with E-state index < -0.39 is 91.2 Å². The fourth-order valence-electron chi connectivity index (χ4n) is 5.09. The molecule has 52 heavy (non-hydrogen) atoms. The van der Waals surface area contributed by atoms with Crippen LogP contribution in [0.1, 0.15) is 57.2 Å². The fourth-order valence-corrected chi connectivity index (χ4v) is 7.10. The Morgan fingerprint density at radius 2 is 1.35 bits per heavy atom. The number of nitrogens with one attached hydrogen (secondary N) is 2. The molecule has 2 fully saturated rings. The molecule has 2 aromatic heterocycles. The van der Waals surface area contributed by atoms with E-state index in [1.165, 1.54) is 26.2 Å². The average Bonchev–Trinajstić information content (AvgIpc) is 3.67. The number of aryl methyl sites for hydroxylation is 2. The van der Waals surface area contributed by atoms with Crippen LogP contribution in [0.5, 0.6) is 0 Å². The van der Waals surface area contributed by atoms with E-state index in [9.17, 15) is 33.3 Å². The number of carbonyl (C=O) groups excluding carboxylic acids is 2. The smallest absolute Gasteiger partial charge is 0.438 e. The van der Waals surface area contributed by atoms with Crippen LogP contribution in [0.3, 0.4) is 0 Å². The lowest BCUT2D eigenvalue weighted by molar-refractivity contribution is -0.117. The number of azide groups is 2. The summed E-state index contributed by atoms with van der Waals surface area (Å²) in [7, 11) is -4.95. The second-order valence-corrected chi connectivity index (χ2v) is 15.8. The lowest BCUT2D eigenvalue weighted by Crippen LogP contribution is -2.33. The molecule has 0 aliphatic carbocycles. The van der Waals surface area contributed by atoms with Gasteiger partial charge < -0.3 is 14.2 Å². The van der Waals surface area contributed by atoms with Crippen LogP contribution in [0.4, 0.5) is 4.79 Å². The van der Waals surface area contributed by atoms with Gasteiger partial charge in [-0.2, -0.15) is 0 Å². The largest absolute Gasteiger partial charge is 0.456 e. The van der Waals surface area contributed by atoms with Gasteiger partial charge in [0.25, 0.3) is 11.1 Å². The van der Waals surface area contributed by atoms with Crippen LogP contribution in [-0.4, -0.2) is 79.8 Å². The van der Waals surface area contributed by atoms with Gasteiger partial charge in [0.1, 0.15) is 19.1 Å². The van der Waals surface area contributed by atoms with Crippen molar-refractivity contribution in [2.24, 2.45) is 15.6 Å². The zero-order valence-corrected chi connectivity index (χ0v) is 30.4. The van der Waals surface area contributed by atoms with Crippen LogP contribution in [0, 0.1) is 19.3 Å². The van der Waals surface area contributed by atoms with Gasteiger partial charge >= 0.3 is 24.7 Å². The topological polar surface area (TPSA) is 305 Å². The van der Waals surface area contributed by atoms with Gasteiger partial charge in [-0.15, -0.1) is 0 Å².